The molecule has 0 bridgehead atoms. The van der Waals surface area contributed by atoms with Gasteiger partial charge in [0.15, 0.2) is 0 Å². The molecule has 0 atom stereocenters. The number of benzene rings is 1. The average Bonchev–Trinajstić information content (AvgIpc) is 2.42. The maximum absolute atomic E-state index is 2.25. The highest BCUT2D eigenvalue weighted by atomic mass is 14.2. The normalized spacial score (nSPS) is 16.0. The van der Waals surface area contributed by atoms with E-state index in [-0.39, 0.29) is 5.41 Å². The summed E-state index contributed by atoms with van der Waals surface area (Å²) < 4.78 is 0. The van der Waals surface area contributed by atoms with E-state index in [4.69, 9.17) is 0 Å². The Hall–Kier alpha value is -1.30. The van der Waals surface area contributed by atoms with E-state index in [1.165, 1.54) is 11.1 Å². The van der Waals surface area contributed by atoms with Gasteiger partial charge in [-0.05, 0) is 11.1 Å². The summed E-state index contributed by atoms with van der Waals surface area (Å²) in [5.41, 5.74) is 2.80. The lowest BCUT2D eigenvalue weighted by Crippen LogP contribution is -1.99. The van der Waals surface area contributed by atoms with Crippen molar-refractivity contribution in [3.05, 3.63) is 47.5 Å². The Morgan fingerprint density at radius 1 is 0.800 bits per heavy atom. The fraction of sp³-hybridized carbons (Fsp3) is 0.333. The van der Waals surface area contributed by atoms with Crippen LogP contribution in [0.4, 0.5) is 0 Å². The van der Waals surface area contributed by atoms with Crippen molar-refractivity contribution in [1.82, 2.24) is 0 Å². The first-order chi connectivity index (χ1) is 7.17. The third-order valence-electron chi connectivity index (χ3n) is 2.38. The summed E-state index contributed by atoms with van der Waals surface area (Å²) in [4.78, 5) is 0. The van der Waals surface area contributed by atoms with Gasteiger partial charge >= 0.3 is 0 Å². The van der Waals surface area contributed by atoms with E-state index in [1.54, 1.807) is 0 Å². The Balaban J connectivity index is 0.000000531. The fourth-order valence-corrected chi connectivity index (χ4v) is 1.48. The standard InChI is InChI=1S/C13H14.C2H6/c1-13(2)9-7-11-5-3-4-6-12(11)8-10-13;1-2/h3-10H,1-2H3;1-2H3. The van der Waals surface area contributed by atoms with Crippen LogP contribution in [0, 0.1) is 5.41 Å². The van der Waals surface area contributed by atoms with Gasteiger partial charge in [0.25, 0.3) is 0 Å². The summed E-state index contributed by atoms with van der Waals surface area (Å²) in [6, 6.07) is 8.46. The van der Waals surface area contributed by atoms with Gasteiger partial charge in [0.1, 0.15) is 0 Å². The van der Waals surface area contributed by atoms with Crippen LogP contribution in [0.3, 0.4) is 0 Å². The molecule has 15 heavy (non-hydrogen) atoms. The molecule has 0 heteroatoms. The molecule has 0 spiro atoms. The van der Waals surface area contributed by atoms with Gasteiger partial charge in [0.05, 0.1) is 0 Å². The van der Waals surface area contributed by atoms with E-state index in [9.17, 15) is 0 Å². The third-order valence-corrected chi connectivity index (χ3v) is 2.38. The molecule has 1 aromatic rings. The van der Waals surface area contributed by atoms with Crippen LogP contribution >= 0.6 is 0 Å². The summed E-state index contributed by atoms with van der Waals surface area (Å²) in [5.74, 6) is 0. The molecule has 0 unspecified atom stereocenters. The smallest absolute Gasteiger partial charge is 0.00111 e. The summed E-state index contributed by atoms with van der Waals surface area (Å²) in [5, 5.41) is 0. The molecule has 0 amide bonds. The summed E-state index contributed by atoms with van der Waals surface area (Å²) >= 11 is 0. The van der Waals surface area contributed by atoms with Crippen LogP contribution in [-0.4, -0.2) is 0 Å². The number of hydrogen-bond acceptors (Lipinski definition) is 0. The Morgan fingerprint density at radius 2 is 1.20 bits per heavy atom. The molecule has 0 saturated carbocycles. The molecule has 2 rings (SSSR count). The molecular weight excluding hydrogens is 180 g/mol. The van der Waals surface area contributed by atoms with E-state index in [2.05, 4.69) is 62.4 Å². The lowest BCUT2D eigenvalue weighted by molar-refractivity contribution is 0.633. The van der Waals surface area contributed by atoms with Gasteiger partial charge < -0.3 is 0 Å². The predicted octanol–water partition coefficient (Wildman–Crippen LogP) is 4.78. The lowest BCUT2D eigenvalue weighted by Gasteiger charge is -2.11. The van der Waals surface area contributed by atoms with Crippen LogP contribution < -0.4 is 0 Å². The van der Waals surface area contributed by atoms with Crippen molar-refractivity contribution in [3.63, 3.8) is 0 Å². The Labute approximate surface area is 93.3 Å². The minimum Gasteiger partial charge on any atom is -0.0745 e. The van der Waals surface area contributed by atoms with E-state index in [0.29, 0.717) is 0 Å². The molecular formula is C15H20. The fourth-order valence-electron chi connectivity index (χ4n) is 1.48. The summed E-state index contributed by atoms with van der Waals surface area (Å²) in [7, 11) is 0. The first-order valence-electron chi connectivity index (χ1n) is 5.65. The van der Waals surface area contributed by atoms with Crippen molar-refractivity contribution in [1.29, 1.82) is 0 Å². The molecule has 1 aliphatic carbocycles. The first-order valence-corrected chi connectivity index (χ1v) is 5.65. The second-order valence-electron chi connectivity index (χ2n) is 4.12. The molecule has 0 aromatic heterocycles. The largest absolute Gasteiger partial charge is 0.0745 e. The monoisotopic (exact) mass is 200 g/mol. The number of hydrogen-bond donors (Lipinski definition) is 0. The van der Waals surface area contributed by atoms with Gasteiger partial charge in [-0.2, -0.15) is 0 Å². The minimum absolute atomic E-state index is 0.180. The number of fused-ring (bicyclic) bond motifs is 1. The van der Waals surface area contributed by atoms with Crippen LogP contribution in [0.5, 0.6) is 0 Å². The van der Waals surface area contributed by atoms with Crippen molar-refractivity contribution in [2.75, 3.05) is 0 Å². The van der Waals surface area contributed by atoms with E-state index < -0.39 is 0 Å². The number of rotatable bonds is 0. The maximum atomic E-state index is 2.25. The van der Waals surface area contributed by atoms with Gasteiger partial charge in [0, 0.05) is 5.41 Å². The van der Waals surface area contributed by atoms with Crippen LogP contribution in [0.1, 0.15) is 38.8 Å². The number of allylic oxidation sites excluding steroid dienone is 2. The molecule has 0 heterocycles. The van der Waals surface area contributed by atoms with Gasteiger partial charge in [-0.25, -0.2) is 0 Å². The predicted molar refractivity (Wildman–Crippen MR) is 69.6 cm³/mol. The maximum Gasteiger partial charge on any atom is 0.00111 e. The second kappa shape index (κ2) is 4.97. The highest BCUT2D eigenvalue weighted by molar-refractivity contribution is 5.68. The molecule has 0 fully saturated rings. The van der Waals surface area contributed by atoms with Crippen molar-refractivity contribution in [3.8, 4) is 0 Å². The van der Waals surface area contributed by atoms with Crippen molar-refractivity contribution < 1.29 is 0 Å². The molecule has 0 nitrogen and oxygen atoms in total. The molecule has 0 saturated heterocycles. The third kappa shape index (κ3) is 3.09. The first kappa shape index (κ1) is 11.8. The van der Waals surface area contributed by atoms with Crippen LogP contribution in [0.2, 0.25) is 0 Å². The van der Waals surface area contributed by atoms with Crippen molar-refractivity contribution in [2.45, 2.75) is 27.7 Å². The highest BCUT2D eigenvalue weighted by Gasteiger charge is 2.11. The Kier molecular flexibility index (Phi) is 3.90. The zero-order valence-electron chi connectivity index (χ0n) is 10.1. The van der Waals surface area contributed by atoms with Gasteiger partial charge in [0.2, 0.25) is 0 Å². The van der Waals surface area contributed by atoms with Gasteiger partial charge in [-0.15, -0.1) is 0 Å². The van der Waals surface area contributed by atoms with Crippen LogP contribution in [0.15, 0.2) is 36.4 Å². The summed E-state index contributed by atoms with van der Waals surface area (Å²) in [6.07, 6.45) is 8.90. The topological polar surface area (TPSA) is 0 Å². The lowest BCUT2D eigenvalue weighted by atomic mass is 9.93. The SMILES string of the molecule is CC.CC1(C)C=Cc2ccccc2C=C1. The zero-order valence-corrected chi connectivity index (χ0v) is 10.1. The molecule has 0 radical (unpaired) electrons. The van der Waals surface area contributed by atoms with E-state index >= 15 is 0 Å². The van der Waals surface area contributed by atoms with Crippen LogP contribution in [-0.2, 0) is 0 Å². The van der Waals surface area contributed by atoms with Crippen molar-refractivity contribution in [2.24, 2.45) is 5.41 Å². The van der Waals surface area contributed by atoms with E-state index in [1.807, 2.05) is 13.8 Å². The molecule has 1 aromatic carbocycles. The minimum atomic E-state index is 0.180. The summed E-state index contributed by atoms with van der Waals surface area (Å²) in [6.45, 7) is 8.43. The van der Waals surface area contributed by atoms with Gasteiger partial charge in [-0.3, -0.25) is 0 Å². The van der Waals surface area contributed by atoms with Crippen molar-refractivity contribution >= 4 is 12.2 Å². The molecule has 0 N–H and O–H groups in total. The molecule has 80 valence electrons. The quantitative estimate of drug-likeness (QED) is 0.565. The highest BCUT2D eigenvalue weighted by Crippen LogP contribution is 2.27. The van der Waals surface area contributed by atoms with E-state index in [0.717, 1.165) is 0 Å². The Morgan fingerprint density at radius 3 is 1.60 bits per heavy atom. The average molecular weight is 200 g/mol. The molecule has 1 aliphatic rings. The molecule has 0 aliphatic heterocycles. The Bertz CT molecular complexity index is 332. The second-order valence-corrected chi connectivity index (χ2v) is 4.12. The van der Waals surface area contributed by atoms with Crippen LogP contribution in [0.25, 0.3) is 12.2 Å². The zero-order chi connectivity index (χ0) is 11.3. The van der Waals surface area contributed by atoms with Gasteiger partial charge in [-0.1, -0.05) is 76.3 Å².